The molecule has 39 heavy (non-hydrogen) atoms. The molecule has 6 aromatic carbocycles. The van der Waals surface area contributed by atoms with Crippen molar-refractivity contribution in [3.63, 3.8) is 0 Å². The van der Waals surface area contributed by atoms with Crippen LogP contribution in [0.1, 0.15) is 0 Å². The standard InChI is InChI=1S/C36H21NOS/c1-4-14-29-24(9-1)25-10-2-5-15-30(25)37(29)31-16-7-13-27-26-20-19-22(21-34(26)39-36(27)31)23-12-8-18-33-35(23)28-11-3-6-17-32(28)38-33/h1-21H. The monoisotopic (exact) mass is 515 g/mol. The molecule has 3 heteroatoms. The molecule has 3 aromatic heterocycles. The summed E-state index contributed by atoms with van der Waals surface area (Å²) in [6, 6.07) is 45.7. The molecule has 182 valence electrons. The van der Waals surface area contributed by atoms with E-state index in [1.807, 2.05) is 23.5 Å². The van der Waals surface area contributed by atoms with Crippen molar-refractivity contribution in [2.45, 2.75) is 0 Å². The fraction of sp³-hybridized carbons (Fsp3) is 0. The highest BCUT2D eigenvalue weighted by molar-refractivity contribution is 7.26. The Kier molecular flexibility index (Phi) is 4.24. The highest BCUT2D eigenvalue weighted by Crippen LogP contribution is 2.43. The smallest absolute Gasteiger partial charge is 0.136 e. The normalized spacial score (nSPS) is 12.1. The van der Waals surface area contributed by atoms with Crippen molar-refractivity contribution < 1.29 is 4.42 Å². The molecule has 0 spiro atoms. The zero-order valence-corrected chi connectivity index (χ0v) is 21.7. The van der Waals surface area contributed by atoms with Crippen LogP contribution in [0.2, 0.25) is 0 Å². The Morgan fingerprint density at radius 1 is 0.513 bits per heavy atom. The van der Waals surface area contributed by atoms with Crippen LogP contribution in [0.3, 0.4) is 0 Å². The molecular formula is C36H21NOS. The molecule has 0 radical (unpaired) electrons. The lowest BCUT2D eigenvalue weighted by atomic mass is 9.98. The van der Waals surface area contributed by atoms with Crippen molar-refractivity contribution in [2.24, 2.45) is 0 Å². The Balaban J connectivity index is 1.32. The Hall–Kier alpha value is -4.86. The number of benzene rings is 6. The predicted molar refractivity (Wildman–Crippen MR) is 166 cm³/mol. The molecular weight excluding hydrogens is 494 g/mol. The number of hydrogen-bond donors (Lipinski definition) is 0. The van der Waals surface area contributed by atoms with E-state index in [9.17, 15) is 0 Å². The zero-order chi connectivity index (χ0) is 25.5. The van der Waals surface area contributed by atoms with Crippen molar-refractivity contribution in [1.82, 2.24) is 4.57 Å². The van der Waals surface area contributed by atoms with E-state index in [2.05, 4.69) is 120 Å². The van der Waals surface area contributed by atoms with Crippen molar-refractivity contribution in [3.05, 3.63) is 127 Å². The molecule has 0 aliphatic carbocycles. The van der Waals surface area contributed by atoms with E-state index in [0.29, 0.717) is 0 Å². The van der Waals surface area contributed by atoms with Gasteiger partial charge in [-0.2, -0.15) is 0 Å². The van der Waals surface area contributed by atoms with Gasteiger partial charge >= 0.3 is 0 Å². The third-order valence-corrected chi connectivity index (χ3v) is 9.20. The molecule has 2 nitrogen and oxygen atoms in total. The van der Waals surface area contributed by atoms with Crippen LogP contribution in [0.4, 0.5) is 0 Å². The largest absolute Gasteiger partial charge is 0.456 e. The van der Waals surface area contributed by atoms with Gasteiger partial charge in [-0.1, -0.05) is 91.0 Å². The van der Waals surface area contributed by atoms with Gasteiger partial charge in [0.25, 0.3) is 0 Å². The van der Waals surface area contributed by atoms with E-state index in [0.717, 1.165) is 16.6 Å². The second-order valence-corrected chi connectivity index (χ2v) is 11.2. The van der Waals surface area contributed by atoms with Crippen LogP contribution in [0, 0.1) is 0 Å². The average molecular weight is 516 g/mol. The van der Waals surface area contributed by atoms with Crippen LogP contribution in [0.15, 0.2) is 132 Å². The van der Waals surface area contributed by atoms with E-state index in [1.54, 1.807) is 0 Å². The molecule has 0 saturated carbocycles. The SMILES string of the molecule is c1ccc2c(c1)oc1cccc(-c3ccc4c(c3)sc3c(-n5c6ccccc6c6ccccc65)cccc34)c12. The third-order valence-electron chi connectivity index (χ3n) is 8.01. The Bertz CT molecular complexity index is 2350. The molecule has 0 aliphatic rings. The molecule has 9 rings (SSSR count). The third kappa shape index (κ3) is 2.91. The zero-order valence-electron chi connectivity index (χ0n) is 20.9. The highest BCUT2D eigenvalue weighted by atomic mass is 32.1. The number of rotatable bonds is 2. The number of fused-ring (bicyclic) bond motifs is 9. The quantitative estimate of drug-likeness (QED) is 0.224. The minimum atomic E-state index is 0.929. The van der Waals surface area contributed by atoms with Crippen LogP contribution in [-0.2, 0) is 0 Å². The second kappa shape index (κ2) is 7.83. The lowest BCUT2D eigenvalue weighted by molar-refractivity contribution is 0.669. The molecule has 0 amide bonds. The van der Waals surface area contributed by atoms with Gasteiger partial charge in [-0.05, 0) is 47.5 Å². The fourth-order valence-electron chi connectivity index (χ4n) is 6.32. The Labute approximate surface area is 227 Å². The molecule has 0 N–H and O–H groups in total. The van der Waals surface area contributed by atoms with Gasteiger partial charge in [-0.25, -0.2) is 0 Å². The molecule has 0 saturated heterocycles. The minimum absolute atomic E-state index is 0.929. The number of hydrogen-bond acceptors (Lipinski definition) is 2. The van der Waals surface area contributed by atoms with Crippen molar-refractivity contribution in [3.8, 4) is 16.8 Å². The van der Waals surface area contributed by atoms with E-state index >= 15 is 0 Å². The summed E-state index contributed by atoms with van der Waals surface area (Å²) >= 11 is 1.88. The first-order chi connectivity index (χ1) is 19.3. The predicted octanol–water partition coefficient (Wildman–Crippen LogP) is 10.7. The van der Waals surface area contributed by atoms with Crippen molar-refractivity contribution in [2.75, 3.05) is 0 Å². The molecule has 9 aromatic rings. The van der Waals surface area contributed by atoms with Crippen LogP contribution in [0.25, 0.3) is 80.7 Å². The molecule has 0 aliphatic heterocycles. The summed E-state index contributed by atoms with van der Waals surface area (Å²) < 4.78 is 11.2. The molecule has 3 heterocycles. The summed E-state index contributed by atoms with van der Waals surface area (Å²) in [6.07, 6.45) is 0. The number of nitrogens with zero attached hydrogens (tertiary/aromatic N) is 1. The number of thiophene rings is 1. The number of aromatic nitrogens is 1. The first-order valence-electron chi connectivity index (χ1n) is 13.2. The Morgan fingerprint density at radius 3 is 2.00 bits per heavy atom. The average Bonchev–Trinajstić information content (AvgIpc) is 3.66. The molecule has 0 fully saturated rings. The second-order valence-electron chi connectivity index (χ2n) is 10.1. The van der Waals surface area contributed by atoms with E-state index in [1.165, 1.54) is 64.2 Å². The fourth-order valence-corrected chi connectivity index (χ4v) is 7.57. The summed E-state index contributed by atoms with van der Waals surface area (Å²) in [7, 11) is 0. The number of furan rings is 1. The van der Waals surface area contributed by atoms with E-state index < -0.39 is 0 Å². The summed E-state index contributed by atoms with van der Waals surface area (Å²) in [5.74, 6) is 0. The molecule has 0 bridgehead atoms. The van der Waals surface area contributed by atoms with Gasteiger partial charge in [0, 0.05) is 37.0 Å². The maximum atomic E-state index is 6.18. The summed E-state index contributed by atoms with van der Waals surface area (Å²) in [4.78, 5) is 0. The number of para-hydroxylation sites is 3. The van der Waals surface area contributed by atoms with Gasteiger partial charge in [-0.3, -0.25) is 0 Å². The van der Waals surface area contributed by atoms with Crippen molar-refractivity contribution in [1.29, 1.82) is 0 Å². The molecule has 0 unspecified atom stereocenters. The minimum Gasteiger partial charge on any atom is -0.456 e. The van der Waals surface area contributed by atoms with Gasteiger partial charge in [0.1, 0.15) is 11.2 Å². The summed E-state index contributed by atoms with van der Waals surface area (Å²) in [6.45, 7) is 0. The summed E-state index contributed by atoms with van der Waals surface area (Å²) in [5, 5.41) is 7.51. The van der Waals surface area contributed by atoms with Crippen LogP contribution in [-0.4, -0.2) is 4.57 Å². The van der Waals surface area contributed by atoms with Gasteiger partial charge < -0.3 is 8.98 Å². The lowest BCUT2D eigenvalue weighted by Gasteiger charge is -2.09. The van der Waals surface area contributed by atoms with Gasteiger partial charge in [0.15, 0.2) is 0 Å². The van der Waals surface area contributed by atoms with Gasteiger partial charge in [0.05, 0.1) is 21.4 Å². The van der Waals surface area contributed by atoms with Crippen LogP contribution in [0.5, 0.6) is 0 Å². The van der Waals surface area contributed by atoms with Crippen molar-refractivity contribution >= 4 is 75.3 Å². The highest BCUT2D eigenvalue weighted by Gasteiger charge is 2.17. The first-order valence-corrected chi connectivity index (χ1v) is 14.0. The van der Waals surface area contributed by atoms with E-state index in [-0.39, 0.29) is 0 Å². The lowest BCUT2D eigenvalue weighted by Crippen LogP contribution is -1.93. The van der Waals surface area contributed by atoms with Crippen LogP contribution < -0.4 is 0 Å². The maximum absolute atomic E-state index is 6.18. The Morgan fingerprint density at radius 2 is 1.18 bits per heavy atom. The molecule has 0 atom stereocenters. The van der Waals surface area contributed by atoms with E-state index in [4.69, 9.17) is 4.42 Å². The van der Waals surface area contributed by atoms with Gasteiger partial charge in [-0.15, -0.1) is 11.3 Å². The first kappa shape index (κ1) is 21.1. The van der Waals surface area contributed by atoms with Crippen LogP contribution >= 0.6 is 11.3 Å². The maximum Gasteiger partial charge on any atom is 0.136 e. The van der Waals surface area contributed by atoms with Gasteiger partial charge in [0.2, 0.25) is 0 Å². The summed E-state index contributed by atoms with van der Waals surface area (Å²) in [5.41, 5.74) is 7.99. The topological polar surface area (TPSA) is 18.1 Å².